The van der Waals surface area contributed by atoms with Crippen molar-refractivity contribution < 1.29 is 8.42 Å². The first-order valence-corrected chi connectivity index (χ1v) is 13.6. The van der Waals surface area contributed by atoms with Gasteiger partial charge < -0.3 is 20.1 Å². The summed E-state index contributed by atoms with van der Waals surface area (Å²) in [5.74, 6) is 0.940. The molecule has 1 aliphatic heterocycles. The van der Waals surface area contributed by atoms with E-state index in [4.69, 9.17) is 12.2 Å². The van der Waals surface area contributed by atoms with Gasteiger partial charge in [0.25, 0.3) is 0 Å². The molecule has 0 unspecified atom stereocenters. The van der Waals surface area contributed by atoms with Crippen LogP contribution in [0.15, 0.2) is 54.9 Å². The van der Waals surface area contributed by atoms with Crippen molar-refractivity contribution in [2.24, 2.45) is 0 Å². The van der Waals surface area contributed by atoms with Gasteiger partial charge in [-0.15, -0.1) is 0 Å². The maximum absolute atomic E-state index is 12.1. The molecular weight excluding hydrogens is 482 g/mol. The molecule has 3 N–H and O–H groups in total. The van der Waals surface area contributed by atoms with E-state index in [1.54, 1.807) is 18.5 Å². The molecule has 35 heavy (non-hydrogen) atoms. The molecule has 180 valence electrons. The highest BCUT2D eigenvalue weighted by Crippen LogP contribution is 2.32. The van der Waals surface area contributed by atoms with Gasteiger partial charge in [-0.25, -0.2) is 18.4 Å². The van der Waals surface area contributed by atoms with Gasteiger partial charge in [-0.3, -0.25) is 4.72 Å². The Morgan fingerprint density at radius 1 is 0.971 bits per heavy atom. The summed E-state index contributed by atoms with van der Waals surface area (Å²) in [5, 5.41) is 5.85. The number of rotatable bonds is 5. The number of thiocarbonyl (C=S) groups is 1. The maximum Gasteiger partial charge on any atom is 0.235 e. The van der Waals surface area contributed by atoms with E-state index in [-0.39, 0.29) is 5.25 Å². The SMILES string of the molecule is O=S(=O)(Nc1ccc(NC(=S)N2CCN(c3ncnc4[nH]c5ccccc5c34)CC2)cc1)C1CC1. The predicted molar refractivity (Wildman–Crippen MR) is 143 cm³/mol. The van der Waals surface area contributed by atoms with Crippen LogP contribution in [0.25, 0.3) is 21.9 Å². The highest BCUT2D eigenvalue weighted by atomic mass is 32.2. The summed E-state index contributed by atoms with van der Waals surface area (Å²) in [6, 6.07) is 15.4. The number of benzene rings is 2. The molecule has 2 fully saturated rings. The van der Waals surface area contributed by atoms with Crippen molar-refractivity contribution in [3.63, 3.8) is 0 Å². The van der Waals surface area contributed by atoms with Gasteiger partial charge in [0.15, 0.2) is 5.11 Å². The zero-order valence-electron chi connectivity index (χ0n) is 18.9. The lowest BCUT2D eigenvalue weighted by Gasteiger charge is -2.37. The van der Waals surface area contributed by atoms with Gasteiger partial charge in [0, 0.05) is 48.5 Å². The minimum atomic E-state index is -3.26. The van der Waals surface area contributed by atoms with E-state index in [0.717, 1.165) is 72.5 Å². The Labute approximate surface area is 208 Å². The number of nitrogens with one attached hydrogen (secondary N) is 3. The summed E-state index contributed by atoms with van der Waals surface area (Å²) < 4.78 is 26.9. The predicted octanol–water partition coefficient (Wildman–Crippen LogP) is 3.53. The Kier molecular flexibility index (Phi) is 5.45. The Hall–Kier alpha value is -3.44. The van der Waals surface area contributed by atoms with E-state index in [1.165, 1.54) is 0 Å². The average molecular weight is 508 g/mol. The van der Waals surface area contributed by atoms with Crippen LogP contribution >= 0.6 is 12.2 Å². The van der Waals surface area contributed by atoms with Crippen molar-refractivity contribution in [2.45, 2.75) is 18.1 Å². The molecule has 1 saturated heterocycles. The number of H-pyrrole nitrogens is 1. The zero-order valence-corrected chi connectivity index (χ0v) is 20.6. The fourth-order valence-corrected chi connectivity index (χ4v) is 6.16. The molecule has 0 radical (unpaired) electrons. The normalized spacial score (nSPS) is 16.6. The maximum atomic E-state index is 12.1. The number of anilines is 3. The van der Waals surface area contributed by atoms with Crippen molar-refractivity contribution in [1.29, 1.82) is 0 Å². The molecule has 11 heteroatoms. The van der Waals surface area contributed by atoms with Crippen molar-refractivity contribution in [3.8, 4) is 0 Å². The van der Waals surface area contributed by atoms with Gasteiger partial charge in [-0.2, -0.15) is 0 Å². The standard InChI is InChI=1S/C24H25N7O2S2/c32-35(33,18-9-10-18)29-17-7-5-16(6-8-17)27-24(34)31-13-11-30(12-14-31)23-21-19-3-1-2-4-20(19)28-22(21)25-15-26-23/h1-8,15,18,29H,9-14H2,(H,27,34)(H,25,26,28). The first-order chi connectivity index (χ1) is 17.0. The molecule has 2 aromatic carbocycles. The summed E-state index contributed by atoms with van der Waals surface area (Å²) in [4.78, 5) is 16.9. The van der Waals surface area contributed by atoms with Crippen molar-refractivity contribution in [1.82, 2.24) is 19.9 Å². The minimum Gasteiger partial charge on any atom is -0.352 e. The van der Waals surface area contributed by atoms with Gasteiger partial charge >= 0.3 is 0 Å². The van der Waals surface area contributed by atoms with E-state index < -0.39 is 10.0 Å². The molecule has 1 aliphatic carbocycles. The van der Waals surface area contributed by atoms with Crippen LogP contribution in [0.2, 0.25) is 0 Å². The molecule has 0 spiro atoms. The summed E-state index contributed by atoms with van der Waals surface area (Å²) in [6.45, 7) is 3.10. The topological polar surface area (TPSA) is 106 Å². The lowest BCUT2D eigenvalue weighted by Crippen LogP contribution is -2.50. The quantitative estimate of drug-likeness (QED) is 0.352. The average Bonchev–Trinajstić information content (AvgIpc) is 3.67. The van der Waals surface area contributed by atoms with E-state index in [1.807, 2.05) is 24.3 Å². The van der Waals surface area contributed by atoms with Gasteiger partial charge in [-0.1, -0.05) is 18.2 Å². The van der Waals surface area contributed by atoms with Crippen LogP contribution in [-0.4, -0.2) is 64.8 Å². The third kappa shape index (κ3) is 4.37. The fraction of sp³-hybridized carbons (Fsp3) is 0.292. The van der Waals surface area contributed by atoms with Crippen LogP contribution in [0.1, 0.15) is 12.8 Å². The number of aromatic nitrogens is 3. The van der Waals surface area contributed by atoms with E-state index in [9.17, 15) is 8.42 Å². The molecule has 0 bridgehead atoms. The summed E-state index contributed by atoms with van der Waals surface area (Å²) >= 11 is 5.65. The van der Waals surface area contributed by atoms with E-state index >= 15 is 0 Å². The third-order valence-electron chi connectivity index (χ3n) is 6.50. The van der Waals surface area contributed by atoms with Crippen LogP contribution in [-0.2, 0) is 10.0 Å². The second kappa shape index (κ2) is 8.65. The lowest BCUT2D eigenvalue weighted by molar-refractivity contribution is 0.390. The number of hydrogen-bond donors (Lipinski definition) is 3. The molecule has 0 amide bonds. The van der Waals surface area contributed by atoms with Gasteiger partial charge in [0.2, 0.25) is 10.0 Å². The van der Waals surface area contributed by atoms with Gasteiger partial charge in [0.05, 0.1) is 10.6 Å². The molecule has 2 aromatic heterocycles. The number of para-hydroxylation sites is 1. The van der Waals surface area contributed by atoms with Crippen LogP contribution < -0.4 is 14.9 Å². The zero-order chi connectivity index (χ0) is 24.0. The molecule has 9 nitrogen and oxygen atoms in total. The Bertz CT molecular complexity index is 1510. The Morgan fingerprint density at radius 2 is 1.69 bits per heavy atom. The van der Waals surface area contributed by atoms with Crippen LogP contribution in [0.3, 0.4) is 0 Å². The third-order valence-corrected chi connectivity index (χ3v) is 8.73. The van der Waals surface area contributed by atoms with Gasteiger partial charge in [0.1, 0.15) is 17.8 Å². The number of fused-ring (bicyclic) bond motifs is 3. The van der Waals surface area contributed by atoms with E-state index in [2.05, 4.69) is 46.9 Å². The van der Waals surface area contributed by atoms with Crippen molar-refractivity contribution >= 4 is 66.5 Å². The van der Waals surface area contributed by atoms with Crippen LogP contribution in [0, 0.1) is 0 Å². The first-order valence-electron chi connectivity index (χ1n) is 11.6. The molecular formula is C24H25N7O2S2. The summed E-state index contributed by atoms with van der Waals surface area (Å²) in [6.07, 6.45) is 3.08. The lowest BCUT2D eigenvalue weighted by atomic mass is 10.2. The second-order valence-corrected chi connectivity index (χ2v) is 11.3. The number of nitrogens with zero attached hydrogens (tertiary/aromatic N) is 4. The second-order valence-electron chi connectivity index (χ2n) is 8.92. The number of sulfonamides is 1. The smallest absolute Gasteiger partial charge is 0.235 e. The summed E-state index contributed by atoms with van der Waals surface area (Å²) in [7, 11) is -3.26. The molecule has 4 aromatic rings. The highest BCUT2D eigenvalue weighted by Gasteiger charge is 2.35. The van der Waals surface area contributed by atoms with E-state index in [0.29, 0.717) is 10.8 Å². The van der Waals surface area contributed by atoms with Crippen LogP contribution in [0.5, 0.6) is 0 Å². The van der Waals surface area contributed by atoms with Crippen molar-refractivity contribution in [3.05, 3.63) is 54.9 Å². The molecule has 0 atom stereocenters. The van der Waals surface area contributed by atoms with Gasteiger partial charge in [-0.05, 0) is 55.4 Å². The van der Waals surface area contributed by atoms with Crippen molar-refractivity contribution in [2.75, 3.05) is 41.1 Å². The number of hydrogen-bond acceptors (Lipinski definition) is 6. The molecule has 2 aliphatic rings. The molecule has 6 rings (SSSR count). The number of aromatic amines is 1. The highest BCUT2D eigenvalue weighted by molar-refractivity contribution is 7.93. The number of piperazine rings is 1. The Balaban J connectivity index is 1.10. The largest absolute Gasteiger partial charge is 0.352 e. The first kappa shape index (κ1) is 22.1. The summed E-state index contributed by atoms with van der Waals surface area (Å²) in [5.41, 5.74) is 3.29. The monoisotopic (exact) mass is 507 g/mol. The Morgan fingerprint density at radius 3 is 2.43 bits per heavy atom. The van der Waals surface area contributed by atoms with Crippen LogP contribution in [0.4, 0.5) is 17.2 Å². The molecule has 3 heterocycles. The minimum absolute atomic E-state index is 0.249. The fourth-order valence-electron chi connectivity index (χ4n) is 4.47. The molecule has 1 saturated carbocycles.